The average Bonchev–Trinajstić information content (AvgIpc) is 4.16. The third-order valence-corrected chi connectivity index (χ3v) is 18.3. The zero-order valence-corrected chi connectivity index (χ0v) is 52.1. The summed E-state index contributed by atoms with van der Waals surface area (Å²) in [7, 11) is 2.38. The van der Waals surface area contributed by atoms with Gasteiger partial charge in [-0.15, -0.1) is 0 Å². The normalized spacial score (nSPS) is 18.1. The lowest BCUT2D eigenvalue weighted by Crippen LogP contribution is -2.33. The maximum absolute atomic E-state index is 7.66. The zero-order chi connectivity index (χ0) is 58.3. The van der Waals surface area contributed by atoms with Gasteiger partial charge in [0.2, 0.25) is 7.28 Å². The number of allylic oxidation sites excluding steroid dienone is 7. The summed E-state index contributed by atoms with van der Waals surface area (Å²) in [6.07, 6.45) is 8.82. The molecule has 0 amide bonds. The lowest BCUT2D eigenvalue weighted by Gasteiger charge is -2.41. The smallest absolute Gasteiger partial charge is 0.246 e. The van der Waals surface area contributed by atoms with Gasteiger partial charge in [0.1, 0.15) is 5.58 Å². The minimum atomic E-state index is -0.332. The number of hydrogen-bond donors (Lipinski definition) is 0. The topological polar surface area (TPSA) is 22.9 Å². The Kier molecular flexibility index (Phi) is 14.9. The van der Waals surface area contributed by atoms with Crippen LogP contribution in [0.5, 0.6) is 0 Å². The molecule has 1 radical (unpaired) electrons. The summed E-state index contributed by atoms with van der Waals surface area (Å²) in [6.45, 7) is 50.1. The van der Waals surface area contributed by atoms with E-state index in [2.05, 4.69) is 292 Å². The molecule has 10 rings (SSSR count). The quantitative estimate of drug-likeness (QED) is 0.114. The van der Waals surface area contributed by atoms with E-state index in [9.17, 15) is 0 Å². The van der Waals surface area contributed by atoms with E-state index in [4.69, 9.17) is 11.0 Å². The van der Waals surface area contributed by atoms with Crippen LogP contribution in [0.15, 0.2) is 191 Å². The molecule has 7 aromatic rings. The van der Waals surface area contributed by atoms with Crippen LogP contribution in [-0.4, -0.2) is 7.28 Å². The van der Waals surface area contributed by atoms with E-state index in [0.29, 0.717) is 11.8 Å². The second-order valence-electron chi connectivity index (χ2n) is 28.0. The number of nitrogens with zero attached hydrogens (tertiary/aromatic N) is 3. The fourth-order valence-corrected chi connectivity index (χ4v) is 13.4. The Morgan fingerprint density at radius 2 is 1.26 bits per heavy atom. The first-order valence-electron chi connectivity index (χ1n) is 30.0. The summed E-state index contributed by atoms with van der Waals surface area (Å²) in [5.41, 5.74) is 22.9. The molecule has 6 aromatic carbocycles. The highest BCUT2D eigenvalue weighted by Crippen LogP contribution is 2.55. The van der Waals surface area contributed by atoms with E-state index in [0.717, 1.165) is 110 Å². The largest absolute Gasteiger partial charge is 0.469 e. The molecule has 417 valence electrons. The Labute approximate surface area is 488 Å². The molecule has 1 atom stereocenters. The van der Waals surface area contributed by atoms with E-state index < -0.39 is 0 Å². The summed E-state index contributed by atoms with van der Waals surface area (Å²) < 4.78 is 7.66. The van der Waals surface area contributed by atoms with Gasteiger partial charge in [-0.05, 0) is 172 Å². The molecule has 1 aromatic heterocycles. The molecule has 0 saturated heterocycles. The first-order valence-corrected chi connectivity index (χ1v) is 30.0. The van der Waals surface area contributed by atoms with Crippen LogP contribution in [0.1, 0.15) is 177 Å². The highest BCUT2D eigenvalue weighted by Gasteiger charge is 2.42. The zero-order valence-electron chi connectivity index (χ0n) is 52.1. The van der Waals surface area contributed by atoms with Crippen molar-refractivity contribution in [1.82, 2.24) is 0 Å². The summed E-state index contributed by atoms with van der Waals surface area (Å²) in [4.78, 5) is 7.42. The van der Waals surface area contributed by atoms with Crippen molar-refractivity contribution >= 4 is 69.3 Å². The predicted octanol–water partition coefficient (Wildman–Crippen LogP) is 21.2. The molecule has 1 unspecified atom stereocenters. The van der Waals surface area contributed by atoms with Crippen LogP contribution < -0.4 is 20.4 Å². The lowest BCUT2D eigenvalue weighted by atomic mass is 9.62. The van der Waals surface area contributed by atoms with Crippen LogP contribution in [0.25, 0.3) is 16.5 Å². The molecule has 0 saturated carbocycles. The number of benzene rings is 6. The highest BCUT2D eigenvalue weighted by atomic mass is 16.3. The van der Waals surface area contributed by atoms with Crippen molar-refractivity contribution in [2.24, 2.45) is 11.8 Å². The predicted molar refractivity (Wildman–Crippen MR) is 352 cm³/mol. The molecule has 1 aliphatic heterocycles. The molecule has 2 aliphatic carbocycles. The Morgan fingerprint density at radius 3 is 1.84 bits per heavy atom. The van der Waals surface area contributed by atoms with Crippen molar-refractivity contribution in [1.29, 1.82) is 0 Å². The minimum Gasteiger partial charge on any atom is -0.469 e. The monoisotopic (exact) mass is 1070 g/mol. The van der Waals surface area contributed by atoms with E-state index in [1.54, 1.807) is 0 Å². The Balaban J connectivity index is 1.43. The first-order chi connectivity index (χ1) is 38.2. The molecule has 2 heterocycles. The van der Waals surface area contributed by atoms with Crippen LogP contribution in [0.2, 0.25) is 0 Å². The molecule has 4 nitrogen and oxygen atoms in total. The van der Waals surface area contributed by atoms with Gasteiger partial charge in [-0.3, -0.25) is 0 Å². The van der Waals surface area contributed by atoms with E-state index in [1.807, 2.05) is 0 Å². The molecule has 3 aliphatic rings. The molecular formula is C76H89BN3O. The number of rotatable bonds is 12. The van der Waals surface area contributed by atoms with Gasteiger partial charge >= 0.3 is 0 Å². The van der Waals surface area contributed by atoms with Crippen molar-refractivity contribution in [2.75, 3.05) is 14.7 Å². The number of hydrogen-bond acceptors (Lipinski definition) is 4. The third-order valence-electron chi connectivity index (χ3n) is 18.3. The van der Waals surface area contributed by atoms with Gasteiger partial charge < -0.3 is 19.1 Å². The summed E-state index contributed by atoms with van der Waals surface area (Å²) in [5, 5.41) is 1.07. The molecule has 2 bridgehead atoms. The Hall–Kier alpha value is -6.98. The summed E-state index contributed by atoms with van der Waals surface area (Å²) in [5.74, 6) is 0.827. The van der Waals surface area contributed by atoms with Crippen LogP contribution in [0.4, 0.5) is 39.8 Å². The van der Waals surface area contributed by atoms with Crippen molar-refractivity contribution < 1.29 is 4.42 Å². The number of fused-ring (bicyclic) bond motifs is 7. The van der Waals surface area contributed by atoms with Crippen LogP contribution in [-0.2, 0) is 27.1 Å². The maximum Gasteiger partial charge on any atom is 0.246 e. The second-order valence-corrected chi connectivity index (χ2v) is 28.0. The third kappa shape index (κ3) is 10.4. The average molecular weight is 1070 g/mol. The SMILES string of the molecule is C=CC1=C(C(=C)N2c3cc(cc(N(c4ccccc4)c4ccccc4)c3)N(c3ccc(C(C)(C)C)c(C(C)(C)C)c3)/C(C)=C(/C=C(\CC(C)C)C(C)CC)[B]c3oc4cc5c(cc4c32)C(C)(C)CCC5(C)C)c2ccccc2C1(C)C. The molecule has 81 heavy (non-hydrogen) atoms. The van der Waals surface area contributed by atoms with Gasteiger partial charge in [-0.25, -0.2) is 0 Å². The molecular weight excluding hydrogens is 982 g/mol. The van der Waals surface area contributed by atoms with Gasteiger partial charge in [0.05, 0.1) is 22.7 Å². The fraction of sp³-hybridized carbons (Fsp3) is 0.368. The standard InChI is InChI=1S/C76H89BN3O/c1-20-49(5)52(40-48(3)4)41-67-50(6)78(55-36-37-63(72(8,9)10)64(45-55)73(11,12)13)56-42-57(44-58(43-56)80(53-30-24-22-25-31-53)54-32-26-23-27-33-54)79(51(7)69-59-34-28-29-35-62(59)76(18,19)61(69)21-2)70-60-46-65-66(47-68(60)81-71(70)77-67)75(16,17)39-38-74(65,14)15/h21-37,41-49H,2,7,20,38-40H2,1,3-6,8-19H3/b52-41+,67-50-. The van der Waals surface area contributed by atoms with Crippen LogP contribution >= 0.6 is 0 Å². The number of para-hydroxylation sites is 2. The van der Waals surface area contributed by atoms with E-state index in [1.165, 1.54) is 39.0 Å². The first kappa shape index (κ1) is 57.3. The molecule has 0 fully saturated rings. The Bertz CT molecular complexity index is 3640. The van der Waals surface area contributed by atoms with Gasteiger partial charge in [-0.2, -0.15) is 0 Å². The summed E-state index contributed by atoms with van der Waals surface area (Å²) in [6, 6.07) is 49.9. The highest BCUT2D eigenvalue weighted by molar-refractivity contribution is 6.63. The minimum absolute atomic E-state index is 0.0339. The Morgan fingerprint density at radius 1 is 0.679 bits per heavy atom. The van der Waals surface area contributed by atoms with Crippen molar-refractivity contribution in [3.63, 3.8) is 0 Å². The maximum atomic E-state index is 7.66. The van der Waals surface area contributed by atoms with E-state index in [-0.39, 0.29) is 27.1 Å². The van der Waals surface area contributed by atoms with Crippen molar-refractivity contribution in [2.45, 2.75) is 170 Å². The number of furan rings is 1. The van der Waals surface area contributed by atoms with Gasteiger partial charge in [0.25, 0.3) is 0 Å². The molecule has 0 N–H and O–H groups in total. The van der Waals surface area contributed by atoms with Gasteiger partial charge in [0, 0.05) is 50.5 Å². The lowest BCUT2D eigenvalue weighted by molar-refractivity contribution is 0.332. The molecule has 5 heteroatoms. The van der Waals surface area contributed by atoms with Crippen molar-refractivity contribution in [3.05, 3.63) is 220 Å². The van der Waals surface area contributed by atoms with Gasteiger partial charge in [-0.1, -0.05) is 214 Å². The second kappa shape index (κ2) is 21.1. The molecule has 0 spiro atoms. The van der Waals surface area contributed by atoms with Crippen LogP contribution in [0, 0.1) is 11.8 Å². The summed E-state index contributed by atoms with van der Waals surface area (Å²) >= 11 is 0. The van der Waals surface area contributed by atoms with Crippen molar-refractivity contribution in [3.8, 4) is 0 Å². The number of anilines is 7. The van der Waals surface area contributed by atoms with E-state index >= 15 is 0 Å². The fourth-order valence-electron chi connectivity index (χ4n) is 13.4. The van der Waals surface area contributed by atoms with Crippen LogP contribution in [0.3, 0.4) is 0 Å². The van der Waals surface area contributed by atoms with Gasteiger partial charge in [0.15, 0.2) is 0 Å².